The fourth-order valence-corrected chi connectivity index (χ4v) is 2.43. The number of carbonyl (C=O) groups excluding carboxylic acids is 1. The summed E-state index contributed by atoms with van der Waals surface area (Å²) in [6, 6.07) is 3.81. The highest BCUT2D eigenvalue weighted by molar-refractivity contribution is 5.77. The number of hydrogen-bond donors (Lipinski definition) is 2. The molecule has 0 aliphatic carbocycles. The average Bonchev–Trinajstić information content (AvgIpc) is 2.39. The predicted octanol–water partition coefficient (Wildman–Crippen LogP) is 0.803. The monoisotopic (exact) mass is 248 g/mol. The van der Waals surface area contributed by atoms with Gasteiger partial charge in [0.05, 0.1) is 5.92 Å². The lowest BCUT2D eigenvalue weighted by Gasteiger charge is -2.33. The van der Waals surface area contributed by atoms with Crippen LogP contribution in [-0.2, 0) is 4.79 Å². The van der Waals surface area contributed by atoms with E-state index in [1.165, 1.54) is 0 Å². The summed E-state index contributed by atoms with van der Waals surface area (Å²) >= 11 is 0. The Balaban J connectivity index is 2.23. The normalized spacial score (nSPS) is 21.7. The zero-order valence-corrected chi connectivity index (χ0v) is 10.7. The van der Waals surface area contributed by atoms with Gasteiger partial charge < -0.3 is 16.4 Å². The molecule has 0 radical (unpaired) electrons. The standard InChI is InChI=1S/C13H20N4O/c1-9(14)11-5-2-6-16-13(11)17-7-3-4-10(8-17)12(15)18/h2,5-6,9-10H,3-4,7-8,14H2,1H3,(H2,15,18)/t9-,10?/m0/s1. The number of carbonyl (C=O) groups is 1. The van der Waals surface area contributed by atoms with Gasteiger partial charge in [0.25, 0.3) is 0 Å². The Bertz CT molecular complexity index is 433. The summed E-state index contributed by atoms with van der Waals surface area (Å²) in [4.78, 5) is 17.8. The lowest BCUT2D eigenvalue weighted by Crippen LogP contribution is -2.42. The third-order valence-corrected chi connectivity index (χ3v) is 3.43. The first-order chi connectivity index (χ1) is 8.59. The Labute approximate surface area is 107 Å². The third-order valence-electron chi connectivity index (χ3n) is 3.43. The molecule has 0 spiro atoms. The molecule has 1 saturated heterocycles. The topological polar surface area (TPSA) is 85.2 Å². The maximum atomic E-state index is 11.3. The van der Waals surface area contributed by atoms with Crippen LogP contribution in [0.25, 0.3) is 0 Å². The molecule has 1 amide bonds. The SMILES string of the molecule is C[C@H](N)c1cccnc1N1CCCC(C(N)=O)C1. The van der Waals surface area contributed by atoms with E-state index in [4.69, 9.17) is 11.5 Å². The van der Waals surface area contributed by atoms with E-state index >= 15 is 0 Å². The molecule has 5 nitrogen and oxygen atoms in total. The van der Waals surface area contributed by atoms with Crippen LogP contribution in [0.4, 0.5) is 5.82 Å². The second kappa shape index (κ2) is 5.35. The van der Waals surface area contributed by atoms with E-state index < -0.39 is 0 Å². The number of amides is 1. The molecule has 1 fully saturated rings. The van der Waals surface area contributed by atoms with Gasteiger partial charge in [-0.15, -0.1) is 0 Å². The van der Waals surface area contributed by atoms with Crippen LogP contribution in [0.3, 0.4) is 0 Å². The molecule has 2 heterocycles. The summed E-state index contributed by atoms with van der Waals surface area (Å²) < 4.78 is 0. The Morgan fingerprint density at radius 3 is 3.06 bits per heavy atom. The smallest absolute Gasteiger partial charge is 0.222 e. The van der Waals surface area contributed by atoms with Crippen molar-refractivity contribution in [1.82, 2.24) is 4.98 Å². The minimum absolute atomic E-state index is 0.0670. The highest BCUT2D eigenvalue weighted by atomic mass is 16.1. The molecule has 0 bridgehead atoms. The van der Waals surface area contributed by atoms with Crippen LogP contribution in [-0.4, -0.2) is 24.0 Å². The van der Waals surface area contributed by atoms with E-state index in [1.54, 1.807) is 6.20 Å². The number of nitrogens with zero attached hydrogens (tertiary/aromatic N) is 2. The number of pyridine rings is 1. The summed E-state index contributed by atoms with van der Waals surface area (Å²) in [5.41, 5.74) is 12.4. The molecular weight excluding hydrogens is 228 g/mol. The second-order valence-electron chi connectivity index (χ2n) is 4.89. The number of primary amides is 1. The largest absolute Gasteiger partial charge is 0.369 e. The van der Waals surface area contributed by atoms with E-state index in [-0.39, 0.29) is 17.9 Å². The maximum Gasteiger partial charge on any atom is 0.222 e. The molecular formula is C13H20N4O. The van der Waals surface area contributed by atoms with Crippen LogP contribution >= 0.6 is 0 Å². The van der Waals surface area contributed by atoms with Crippen molar-refractivity contribution >= 4 is 11.7 Å². The van der Waals surface area contributed by atoms with Crippen molar-refractivity contribution in [3.63, 3.8) is 0 Å². The second-order valence-corrected chi connectivity index (χ2v) is 4.89. The minimum atomic E-state index is -0.224. The van der Waals surface area contributed by atoms with Crippen LogP contribution in [0, 0.1) is 5.92 Å². The molecule has 2 atom stereocenters. The predicted molar refractivity (Wildman–Crippen MR) is 71.0 cm³/mol. The molecule has 4 N–H and O–H groups in total. The zero-order valence-electron chi connectivity index (χ0n) is 10.7. The molecule has 2 rings (SSSR count). The fourth-order valence-electron chi connectivity index (χ4n) is 2.43. The molecule has 1 aliphatic heterocycles. The number of hydrogen-bond acceptors (Lipinski definition) is 4. The van der Waals surface area contributed by atoms with Crippen LogP contribution in [0.5, 0.6) is 0 Å². The lowest BCUT2D eigenvalue weighted by atomic mass is 9.97. The van der Waals surface area contributed by atoms with E-state index in [0.29, 0.717) is 6.54 Å². The van der Waals surface area contributed by atoms with Crippen molar-refractivity contribution in [3.8, 4) is 0 Å². The lowest BCUT2D eigenvalue weighted by molar-refractivity contribution is -0.122. The van der Waals surface area contributed by atoms with Gasteiger partial charge in [-0.25, -0.2) is 4.98 Å². The van der Waals surface area contributed by atoms with Gasteiger partial charge in [0.15, 0.2) is 0 Å². The van der Waals surface area contributed by atoms with Gasteiger partial charge in [-0.05, 0) is 25.8 Å². The van der Waals surface area contributed by atoms with Crippen molar-refractivity contribution in [1.29, 1.82) is 0 Å². The maximum absolute atomic E-state index is 11.3. The molecule has 1 unspecified atom stereocenters. The Kier molecular flexibility index (Phi) is 3.81. The van der Waals surface area contributed by atoms with E-state index in [1.807, 2.05) is 19.1 Å². The van der Waals surface area contributed by atoms with Gasteiger partial charge >= 0.3 is 0 Å². The number of anilines is 1. The van der Waals surface area contributed by atoms with Gasteiger partial charge in [-0.3, -0.25) is 4.79 Å². The first-order valence-electron chi connectivity index (χ1n) is 6.34. The Morgan fingerprint density at radius 2 is 2.39 bits per heavy atom. The van der Waals surface area contributed by atoms with Crippen molar-refractivity contribution in [3.05, 3.63) is 23.9 Å². The summed E-state index contributed by atoms with van der Waals surface area (Å²) in [5, 5.41) is 0. The Hall–Kier alpha value is -1.62. The molecule has 1 aliphatic rings. The van der Waals surface area contributed by atoms with Crippen molar-refractivity contribution in [2.24, 2.45) is 17.4 Å². The van der Waals surface area contributed by atoms with Crippen LogP contribution in [0.15, 0.2) is 18.3 Å². The van der Waals surface area contributed by atoms with Crippen molar-refractivity contribution in [2.45, 2.75) is 25.8 Å². The van der Waals surface area contributed by atoms with Gasteiger partial charge in [-0.1, -0.05) is 6.07 Å². The average molecular weight is 248 g/mol. The number of aromatic nitrogens is 1. The highest BCUT2D eigenvalue weighted by Gasteiger charge is 2.26. The molecule has 1 aromatic rings. The van der Waals surface area contributed by atoms with Crippen molar-refractivity contribution < 1.29 is 4.79 Å². The third kappa shape index (κ3) is 2.61. The molecule has 98 valence electrons. The number of rotatable bonds is 3. The highest BCUT2D eigenvalue weighted by Crippen LogP contribution is 2.27. The first-order valence-corrected chi connectivity index (χ1v) is 6.34. The summed E-state index contributed by atoms with van der Waals surface area (Å²) in [5.74, 6) is 0.582. The number of piperidine rings is 1. The summed E-state index contributed by atoms with van der Waals surface area (Å²) in [6.45, 7) is 3.49. The number of nitrogens with two attached hydrogens (primary N) is 2. The summed E-state index contributed by atoms with van der Waals surface area (Å²) in [7, 11) is 0. The van der Waals surface area contributed by atoms with Crippen LogP contribution < -0.4 is 16.4 Å². The van der Waals surface area contributed by atoms with Gasteiger partial charge in [-0.2, -0.15) is 0 Å². The van der Waals surface area contributed by atoms with Crippen molar-refractivity contribution in [2.75, 3.05) is 18.0 Å². The Morgan fingerprint density at radius 1 is 1.61 bits per heavy atom. The molecule has 0 aromatic carbocycles. The molecule has 18 heavy (non-hydrogen) atoms. The van der Waals surface area contributed by atoms with E-state index in [9.17, 15) is 4.79 Å². The van der Waals surface area contributed by atoms with E-state index in [2.05, 4.69) is 9.88 Å². The molecule has 5 heteroatoms. The zero-order chi connectivity index (χ0) is 13.1. The van der Waals surface area contributed by atoms with Gasteiger partial charge in [0.2, 0.25) is 5.91 Å². The first kappa shape index (κ1) is 12.8. The van der Waals surface area contributed by atoms with E-state index in [0.717, 1.165) is 30.8 Å². The van der Waals surface area contributed by atoms with Gasteiger partial charge in [0, 0.05) is 30.9 Å². The van der Waals surface area contributed by atoms with Crippen LogP contribution in [0.1, 0.15) is 31.4 Å². The van der Waals surface area contributed by atoms with Crippen LogP contribution in [0.2, 0.25) is 0 Å². The van der Waals surface area contributed by atoms with Gasteiger partial charge in [0.1, 0.15) is 5.82 Å². The fraction of sp³-hybridized carbons (Fsp3) is 0.538. The minimum Gasteiger partial charge on any atom is -0.369 e. The quantitative estimate of drug-likeness (QED) is 0.828. The molecule has 0 saturated carbocycles. The molecule has 1 aromatic heterocycles. The summed E-state index contributed by atoms with van der Waals surface area (Å²) in [6.07, 6.45) is 3.59.